The number of amides is 1. The fourth-order valence-electron chi connectivity index (χ4n) is 3.96. The van der Waals surface area contributed by atoms with Gasteiger partial charge in [-0.05, 0) is 42.3 Å². The Hall–Kier alpha value is -2.81. The number of halogens is 1. The maximum atomic E-state index is 13.3. The van der Waals surface area contributed by atoms with E-state index in [9.17, 15) is 14.4 Å². The molecule has 30 heavy (non-hydrogen) atoms. The number of fused-ring (bicyclic) bond motifs is 3. The molecule has 1 aliphatic rings. The maximum absolute atomic E-state index is 13.3. The molecule has 0 atom stereocenters. The molecule has 1 aliphatic heterocycles. The molecule has 158 valence electrons. The van der Waals surface area contributed by atoms with Crippen LogP contribution in [-0.4, -0.2) is 64.5 Å². The highest BCUT2D eigenvalue weighted by atomic mass is 19.1. The molecular formula is C22H25FN4O3. The first-order valence-electron chi connectivity index (χ1n) is 9.90. The molecule has 1 amide bonds. The Bertz CT molecular complexity index is 1060. The standard InChI is InChI=1S/C22H25FN4O3/c1-25(9-10-30-2)13-16-14-26(12-15-3-5-17(23)6-4-15)19-11-24-21-18(20(16)19)7-8-27(29)22(21)28/h3-6,11,14,29H,7-10,12-13H2,1-2H3. The van der Waals surface area contributed by atoms with E-state index in [0.717, 1.165) is 39.2 Å². The summed E-state index contributed by atoms with van der Waals surface area (Å²) in [5.74, 6) is -0.734. The van der Waals surface area contributed by atoms with E-state index in [1.807, 2.05) is 7.05 Å². The second-order valence-corrected chi connectivity index (χ2v) is 7.66. The summed E-state index contributed by atoms with van der Waals surface area (Å²) in [6.07, 6.45) is 4.31. The predicted octanol–water partition coefficient (Wildman–Crippen LogP) is 2.69. The molecule has 0 saturated heterocycles. The van der Waals surface area contributed by atoms with Crippen molar-refractivity contribution in [3.05, 3.63) is 64.9 Å². The van der Waals surface area contributed by atoms with Gasteiger partial charge in [0.2, 0.25) is 0 Å². The molecule has 3 heterocycles. The van der Waals surface area contributed by atoms with Crippen LogP contribution < -0.4 is 0 Å². The number of methoxy groups -OCH3 is 1. The molecule has 1 N–H and O–H groups in total. The first-order chi connectivity index (χ1) is 14.5. The lowest BCUT2D eigenvalue weighted by atomic mass is 9.99. The number of nitrogens with zero attached hydrogens (tertiary/aromatic N) is 4. The summed E-state index contributed by atoms with van der Waals surface area (Å²) in [5, 5.41) is 11.5. The maximum Gasteiger partial charge on any atom is 0.296 e. The van der Waals surface area contributed by atoms with Crippen molar-refractivity contribution >= 4 is 16.8 Å². The second kappa shape index (κ2) is 8.51. The molecule has 0 unspecified atom stereocenters. The fourth-order valence-corrected chi connectivity index (χ4v) is 3.96. The Morgan fingerprint density at radius 1 is 1.30 bits per heavy atom. The number of carbonyl (C=O) groups is 1. The highest BCUT2D eigenvalue weighted by molar-refractivity contribution is 6.00. The lowest BCUT2D eigenvalue weighted by Crippen LogP contribution is -2.35. The summed E-state index contributed by atoms with van der Waals surface area (Å²) in [5.41, 5.74) is 4.16. The Balaban J connectivity index is 1.78. The van der Waals surface area contributed by atoms with Gasteiger partial charge in [-0.15, -0.1) is 0 Å². The summed E-state index contributed by atoms with van der Waals surface area (Å²) in [6, 6.07) is 6.44. The van der Waals surface area contributed by atoms with Crippen molar-refractivity contribution in [3.8, 4) is 0 Å². The van der Waals surface area contributed by atoms with Gasteiger partial charge < -0.3 is 9.30 Å². The van der Waals surface area contributed by atoms with Gasteiger partial charge >= 0.3 is 0 Å². The number of hydroxylamine groups is 2. The van der Waals surface area contributed by atoms with Gasteiger partial charge in [0, 0.05) is 38.3 Å². The smallest absolute Gasteiger partial charge is 0.296 e. The molecule has 8 heteroatoms. The van der Waals surface area contributed by atoms with Gasteiger partial charge in [-0.1, -0.05) is 12.1 Å². The quantitative estimate of drug-likeness (QED) is 0.604. The van der Waals surface area contributed by atoms with Crippen LogP contribution in [0.1, 0.15) is 27.2 Å². The molecular weight excluding hydrogens is 387 g/mol. The van der Waals surface area contributed by atoms with Crippen molar-refractivity contribution in [1.82, 2.24) is 19.5 Å². The van der Waals surface area contributed by atoms with Crippen LogP contribution in [0.4, 0.5) is 4.39 Å². The molecule has 2 aromatic heterocycles. The SMILES string of the molecule is COCCN(C)Cc1cn(Cc2ccc(F)cc2)c2cnc3c(c12)CCN(O)C3=O. The average Bonchev–Trinajstić information content (AvgIpc) is 3.08. The number of benzene rings is 1. The summed E-state index contributed by atoms with van der Waals surface area (Å²) in [6.45, 7) is 2.90. The highest BCUT2D eigenvalue weighted by Gasteiger charge is 2.28. The minimum atomic E-state index is -0.469. The van der Waals surface area contributed by atoms with E-state index in [-0.39, 0.29) is 12.4 Å². The number of hydrogen-bond donors (Lipinski definition) is 1. The van der Waals surface area contributed by atoms with Crippen LogP contribution in [0, 0.1) is 5.82 Å². The van der Waals surface area contributed by atoms with Crippen LogP contribution in [-0.2, 0) is 24.2 Å². The van der Waals surface area contributed by atoms with Crippen LogP contribution in [0.2, 0.25) is 0 Å². The number of pyridine rings is 1. The van der Waals surface area contributed by atoms with E-state index in [4.69, 9.17) is 4.74 Å². The van der Waals surface area contributed by atoms with Crippen molar-refractivity contribution in [2.75, 3.05) is 33.9 Å². The third-order valence-corrected chi connectivity index (χ3v) is 5.50. The first kappa shape index (κ1) is 20.5. The van der Waals surface area contributed by atoms with Crippen molar-refractivity contribution in [2.45, 2.75) is 19.5 Å². The van der Waals surface area contributed by atoms with Crippen LogP contribution in [0.3, 0.4) is 0 Å². The first-order valence-corrected chi connectivity index (χ1v) is 9.90. The van der Waals surface area contributed by atoms with Crippen molar-refractivity contribution in [1.29, 1.82) is 0 Å². The number of ether oxygens (including phenoxy) is 1. The molecule has 0 saturated carbocycles. The third kappa shape index (κ3) is 3.94. The molecule has 0 aliphatic carbocycles. The van der Waals surface area contributed by atoms with Gasteiger partial charge in [-0.25, -0.2) is 14.4 Å². The molecule has 7 nitrogen and oxygen atoms in total. The zero-order chi connectivity index (χ0) is 21.3. The van der Waals surface area contributed by atoms with E-state index in [1.165, 1.54) is 12.1 Å². The van der Waals surface area contributed by atoms with Gasteiger partial charge in [-0.2, -0.15) is 0 Å². The van der Waals surface area contributed by atoms with Crippen LogP contribution in [0.25, 0.3) is 10.9 Å². The Morgan fingerprint density at radius 3 is 2.80 bits per heavy atom. The largest absolute Gasteiger partial charge is 0.383 e. The number of rotatable bonds is 7. The zero-order valence-corrected chi connectivity index (χ0v) is 17.1. The van der Waals surface area contributed by atoms with E-state index in [2.05, 4.69) is 20.6 Å². The minimum absolute atomic E-state index is 0.245. The van der Waals surface area contributed by atoms with Crippen molar-refractivity contribution < 1.29 is 19.1 Å². The molecule has 1 aromatic carbocycles. The van der Waals surface area contributed by atoms with Gasteiger partial charge in [0.15, 0.2) is 0 Å². The van der Waals surface area contributed by atoms with Crippen LogP contribution >= 0.6 is 0 Å². The van der Waals surface area contributed by atoms with Gasteiger partial charge in [0.1, 0.15) is 11.5 Å². The van der Waals surface area contributed by atoms with Gasteiger partial charge in [0.25, 0.3) is 5.91 Å². The van der Waals surface area contributed by atoms with Gasteiger partial charge in [0.05, 0.1) is 24.9 Å². The summed E-state index contributed by atoms with van der Waals surface area (Å²) in [7, 11) is 3.70. The minimum Gasteiger partial charge on any atom is -0.383 e. The predicted molar refractivity (Wildman–Crippen MR) is 110 cm³/mol. The Labute approximate surface area is 174 Å². The normalized spacial score (nSPS) is 14.0. The van der Waals surface area contributed by atoms with Crippen molar-refractivity contribution in [2.24, 2.45) is 0 Å². The topological polar surface area (TPSA) is 70.8 Å². The second-order valence-electron chi connectivity index (χ2n) is 7.66. The highest BCUT2D eigenvalue weighted by Crippen LogP contribution is 2.31. The molecule has 0 radical (unpaired) electrons. The summed E-state index contributed by atoms with van der Waals surface area (Å²) in [4.78, 5) is 18.9. The van der Waals surface area contributed by atoms with E-state index < -0.39 is 5.91 Å². The van der Waals surface area contributed by atoms with Crippen LogP contribution in [0.15, 0.2) is 36.7 Å². The Morgan fingerprint density at radius 2 is 2.07 bits per heavy atom. The number of carbonyl (C=O) groups excluding carboxylic acids is 1. The lowest BCUT2D eigenvalue weighted by molar-refractivity contribution is -0.0606. The molecule has 0 spiro atoms. The van der Waals surface area contributed by atoms with Crippen LogP contribution in [0.5, 0.6) is 0 Å². The molecule has 0 fully saturated rings. The average molecular weight is 412 g/mol. The zero-order valence-electron chi connectivity index (χ0n) is 17.1. The van der Waals surface area contributed by atoms with Gasteiger partial charge in [-0.3, -0.25) is 14.9 Å². The van der Waals surface area contributed by atoms with E-state index >= 15 is 0 Å². The monoisotopic (exact) mass is 412 g/mol. The van der Waals surface area contributed by atoms with E-state index in [0.29, 0.717) is 31.8 Å². The van der Waals surface area contributed by atoms with E-state index in [1.54, 1.807) is 25.4 Å². The fraction of sp³-hybridized carbons (Fsp3) is 0.364. The Kier molecular flexibility index (Phi) is 5.80. The lowest BCUT2D eigenvalue weighted by Gasteiger charge is -2.23. The number of aromatic nitrogens is 2. The molecule has 0 bridgehead atoms. The summed E-state index contributed by atoms with van der Waals surface area (Å²) < 4.78 is 20.6. The summed E-state index contributed by atoms with van der Waals surface area (Å²) >= 11 is 0. The molecule has 3 aromatic rings. The van der Waals surface area contributed by atoms with Crippen molar-refractivity contribution in [3.63, 3.8) is 0 Å². The number of likely N-dealkylation sites (N-methyl/N-ethyl adjacent to an activating group) is 1. The number of hydrogen-bond acceptors (Lipinski definition) is 5. The molecule has 4 rings (SSSR count). The third-order valence-electron chi connectivity index (χ3n) is 5.50.